The van der Waals surface area contributed by atoms with Crippen LogP contribution in [-0.4, -0.2) is 31.6 Å². The zero-order valence-electron chi connectivity index (χ0n) is 10.7. The fraction of sp³-hybridized carbons (Fsp3) is 0.250. The van der Waals surface area contributed by atoms with Crippen LogP contribution in [0.1, 0.15) is 18.3 Å². The SMILES string of the molecule is Cc1nc2n(n1)[C@H](C(=O)Nc1ccncc1)CC(=O)N2. The minimum Gasteiger partial charge on any atom is -0.324 e. The van der Waals surface area contributed by atoms with Gasteiger partial charge >= 0.3 is 0 Å². The summed E-state index contributed by atoms with van der Waals surface area (Å²) in [4.78, 5) is 31.8. The number of aryl methyl sites for hydroxylation is 1. The molecule has 2 aromatic heterocycles. The van der Waals surface area contributed by atoms with Crippen LogP contribution in [0.15, 0.2) is 24.5 Å². The second-order valence-corrected chi connectivity index (χ2v) is 4.42. The zero-order valence-corrected chi connectivity index (χ0v) is 10.7. The van der Waals surface area contributed by atoms with E-state index >= 15 is 0 Å². The number of carbonyl (C=O) groups excluding carboxylic acids is 2. The number of nitrogens with one attached hydrogen (secondary N) is 2. The van der Waals surface area contributed by atoms with Crippen LogP contribution in [0.3, 0.4) is 0 Å². The van der Waals surface area contributed by atoms with E-state index in [0.29, 0.717) is 17.5 Å². The van der Waals surface area contributed by atoms with Gasteiger partial charge in [-0.05, 0) is 19.1 Å². The van der Waals surface area contributed by atoms with Crippen LogP contribution in [0, 0.1) is 6.92 Å². The lowest BCUT2D eigenvalue weighted by atomic mass is 10.1. The fourth-order valence-corrected chi connectivity index (χ4v) is 2.04. The molecule has 20 heavy (non-hydrogen) atoms. The van der Waals surface area contributed by atoms with Gasteiger partial charge in [-0.1, -0.05) is 0 Å². The molecular formula is C12H12N6O2. The molecule has 3 rings (SSSR count). The summed E-state index contributed by atoms with van der Waals surface area (Å²) in [6.07, 6.45) is 3.19. The van der Waals surface area contributed by atoms with E-state index in [1.54, 1.807) is 31.5 Å². The molecule has 3 heterocycles. The summed E-state index contributed by atoms with van der Waals surface area (Å²) in [6, 6.07) is 2.65. The minimum absolute atomic E-state index is 0.0344. The summed E-state index contributed by atoms with van der Waals surface area (Å²) in [6.45, 7) is 1.70. The van der Waals surface area contributed by atoms with Crippen LogP contribution in [0.5, 0.6) is 0 Å². The molecule has 102 valence electrons. The number of amides is 2. The van der Waals surface area contributed by atoms with E-state index in [2.05, 4.69) is 25.7 Å². The molecule has 0 fully saturated rings. The zero-order chi connectivity index (χ0) is 14.1. The van der Waals surface area contributed by atoms with E-state index in [9.17, 15) is 9.59 Å². The number of carbonyl (C=O) groups is 2. The molecule has 0 spiro atoms. The Bertz CT molecular complexity index is 666. The third-order valence-corrected chi connectivity index (χ3v) is 2.91. The first-order valence-corrected chi connectivity index (χ1v) is 6.07. The minimum atomic E-state index is -0.701. The molecule has 0 unspecified atom stereocenters. The standard InChI is InChI=1S/C12H12N6O2/c1-7-14-12-16-10(19)6-9(18(12)17-7)11(20)15-8-2-4-13-5-3-8/h2-5,9H,6H2,1H3,(H,13,15,20)(H,14,16,17,19)/t9-/m0/s1. The summed E-state index contributed by atoms with van der Waals surface area (Å²) in [5.41, 5.74) is 0.620. The number of nitrogens with zero attached hydrogens (tertiary/aromatic N) is 4. The monoisotopic (exact) mass is 272 g/mol. The van der Waals surface area contributed by atoms with Crippen LogP contribution >= 0.6 is 0 Å². The first-order chi connectivity index (χ1) is 9.63. The number of hydrogen-bond donors (Lipinski definition) is 2. The van der Waals surface area contributed by atoms with Crippen molar-refractivity contribution < 1.29 is 9.59 Å². The van der Waals surface area contributed by atoms with Crippen molar-refractivity contribution in [3.63, 3.8) is 0 Å². The molecule has 8 heteroatoms. The number of anilines is 2. The molecule has 2 aromatic rings. The largest absolute Gasteiger partial charge is 0.324 e. The van der Waals surface area contributed by atoms with E-state index < -0.39 is 6.04 Å². The lowest BCUT2D eigenvalue weighted by Crippen LogP contribution is -2.36. The van der Waals surface area contributed by atoms with Crippen LogP contribution < -0.4 is 10.6 Å². The lowest BCUT2D eigenvalue weighted by Gasteiger charge is -2.22. The molecule has 2 N–H and O–H groups in total. The Morgan fingerprint density at radius 3 is 2.95 bits per heavy atom. The van der Waals surface area contributed by atoms with Gasteiger partial charge in [0.15, 0.2) is 0 Å². The van der Waals surface area contributed by atoms with Crippen molar-refractivity contribution in [2.24, 2.45) is 0 Å². The van der Waals surface area contributed by atoms with Gasteiger partial charge in [0.25, 0.3) is 0 Å². The molecular weight excluding hydrogens is 260 g/mol. The molecule has 2 amide bonds. The highest BCUT2D eigenvalue weighted by molar-refractivity contribution is 6.00. The van der Waals surface area contributed by atoms with Gasteiger partial charge < -0.3 is 5.32 Å². The highest BCUT2D eigenvalue weighted by Crippen LogP contribution is 2.23. The van der Waals surface area contributed by atoms with Crippen LogP contribution in [0.2, 0.25) is 0 Å². The fourth-order valence-electron chi connectivity index (χ4n) is 2.04. The molecule has 1 aliphatic heterocycles. The average molecular weight is 272 g/mol. The molecule has 0 saturated heterocycles. The van der Waals surface area contributed by atoms with Crippen molar-refractivity contribution in [3.05, 3.63) is 30.4 Å². The Hall–Kier alpha value is -2.77. The predicted octanol–water partition coefficient (Wildman–Crippen LogP) is 0.504. The van der Waals surface area contributed by atoms with Gasteiger partial charge in [0, 0.05) is 18.1 Å². The second-order valence-electron chi connectivity index (χ2n) is 4.42. The Labute approximate surface area is 114 Å². The maximum Gasteiger partial charge on any atom is 0.249 e. The van der Waals surface area contributed by atoms with E-state index in [0.717, 1.165) is 0 Å². The summed E-state index contributed by atoms with van der Waals surface area (Å²) < 4.78 is 1.44. The number of hydrogen-bond acceptors (Lipinski definition) is 5. The maximum absolute atomic E-state index is 12.3. The van der Waals surface area contributed by atoms with E-state index in [4.69, 9.17) is 0 Å². The van der Waals surface area contributed by atoms with Gasteiger partial charge in [0.05, 0.1) is 6.42 Å². The first-order valence-electron chi connectivity index (χ1n) is 6.07. The van der Waals surface area contributed by atoms with Crippen LogP contribution in [0.25, 0.3) is 0 Å². The molecule has 0 bridgehead atoms. The Morgan fingerprint density at radius 1 is 1.45 bits per heavy atom. The Kier molecular flexibility index (Phi) is 2.90. The van der Waals surface area contributed by atoms with Crippen molar-refractivity contribution in [1.82, 2.24) is 19.7 Å². The highest BCUT2D eigenvalue weighted by Gasteiger charge is 2.32. The summed E-state index contributed by atoms with van der Waals surface area (Å²) in [7, 11) is 0. The molecule has 0 saturated carbocycles. The summed E-state index contributed by atoms with van der Waals surface area (Å²) in [5, 5.41) is 9.47. The van der Waals surface area contributed by atoms with Gasteiger partial charge in [-0.3, -0.25) is 19.9 Å². The van der Waals surface area contributed by atoms with Gasteiger partial charge in [0.1, 0.15) is 11.9 Å². The van der Waals surface area contributed by atoms with Crippen molar-refractivity contribution in [2.45, 2.75) is 19.4 Å². The smallest absolute Gasteiger partial charge is 0.249 e. The molecule has 8 nitrogen and oxygen atoms in total. The van der Waals surface area contributed by atoms with E-state index in [1.165, 1.54) is 4.68 Å². The second kappa shape index (κ2) is 4.72. The topological polar surface area (TPSA) is 102 Å². The van der Waals surface area contributed by atoms with Crippen molar-refractivity contribution >= 4 is 23.5 Å². The van der Waals surface area contributed by atoms with Crippen molar-refractivity contribution in [3.8, 4) is 0 Å². The quantitative estimate of drug-likeness (QED) is 0.829. The number of aromatic nitrogens is 4. The molecule has 0 radical (unpaired) electrons. The first kappa shape index (κ1) is 12.3. The molecule has 1 aliphatic rings. The van der Waals surface area contributed by atoms with E-state index in [-0.39, 0.29) is 18.2 Å². The number of pyridine rings is 1. The predicted molar refractivity (Wildman–Crippen MR) is 69.9 cm³/mol. The van der Waals surface area contributed by atoms with Crippen molar-refractivity contribution in [1.29, 1.82) is 0 Å². The van der Waals surface area contributed by atoms with Crippen molar-refractivity contribution in [2.75, 3.05) is 10.6 Å². The van der Waals surface area contributed by atoms with Gasteiger partial charge in [-0.25, -0.2) is 4.68 Å². The average Bonchev–Trinajstić information content (AvgIpc) is 2.78. The normalized spacial score (nSPS) is 17.2. The lowest BCUT2D eigenvalue weighted by molar-refractivity contribution is -0.125. The Morgan fingerprint density at radius 2 is 2.20 bits per heavy atom. The number of fused-ring (bicyclic) bond motifs is 1. The highest BCUT2D eigenvalue weighted by atomic mass is 16.2. The van der Waals surface area contributed by atoms with Gasteiger partial charge in [0.2, 0.25) is 17.8 Å². The van der Waals surface area contributed by atoms with Crippen LogP contribution in [-0.2, 0) is 9.59 Å². The summed E-state index contributed by atoms with van der Waals surface area (Å²) in [5.74, 6) is 0.245. The Balaban J connectivity index is 1.86. The van der Waals surface area contributed by atoms with Crippen LogP contribution in [0.4, 0.5) is 11.6 Å². The third kappa shape index (κ3) is 2.22. The van der Waals surface area contributed by atoms with Gasteiger partial charge in [-0.2, -0.15) is 10.1 Å². The molecule has 1 atom stereocenters. The third-order valence-electron chi connectivity index (χ3n) is 2.91. The summed E-state index contributed by atoms with van der Waals surface area (Å²) >= 11 is 0. The molecule has 0 aliphatic carbocycles. The van der Waals surface area contributed by atoms with E-state index in [1.807, 2.05) is 0 Å². The number of rotatable bonds is 2. The van der Waals surface area contributed by atoms with Gasteiger partial charge in [-0.15, -0.1) is 0 Å². The molecule has 0 aromatic carbocycles. The maximum atomic E-state index is 12.3.